The third kappa shape index (κ3) is 5.70. The van der Waals surface area contributed by atoms with Gasteiger partial charge in [-0.3, -0.25) is 9.59 Å². The molecule has 1 saturated heterocycles. The maximum Gasteiger partial charge on any atom is 0.471 e. The van der Waals surface area contributed by atoms with Crippen LogP contribution in [0, 0.1) is 11.7 Å². The van der Waals surface area contributed by atoms with Gasteiger partial charge in [-0.1, -0.05) is 29.3 Å². The van der Waals surface area contributed by atoms with Gasteiger partial charge >= 0.3 is 18.1 Å². The Kier molecular flexibility index (Phi) is 8.23. The summed E-state index contributed by atoms with van der Waals surface area (Å²) in [5.41, 5.74) is -2.67. The van der Waals surface area contributed by atoms with Crippen molar-refractivity contribution in [1.82, 2.24) is 5.32 Å². The molecule has 0 unspecified atom stereocenters. The molecule has 1 aromatic rings. The Balaban J connectivity index is 2.43. The minimum absolute atomic E-state index is 0.0358. The van der Waals surface area contributed by atoms with Crippen molar-refractivity contribution in [1.29, 1.82) is 0 Å². The van der Waals surface area contributed by atoms with Crippen molar-refractivity contribution in [3.8, 4) is 0 Å². The second-order valence-corrected chi connectivity index (χ2v) is 7.95. The molecule has 2 rings (SSSR count). The van der Waals surface area contributed by atoms with Crippen LogP contribution in [-0.4, -0.2) is 49.1 Å². The Morgan fingerprint density at radius 3 is 2.70 bits per heavy atom. The molecule has 6 nitrogen and oxygen atoms in total. The van der Waals surface area contributed by atoms with Gasteiger partial charge in [-0.25, -0.2) is 4.39 Å². The van der Waals surface area contributed by atoms with E-state index in [0.29, 0.717) is 11.1 Å². The molecule has 0 saturated carbocycles. The van der Waals surface area contributed by atoms with Gasteiger partial charge in [-0.15, -0.1) is 0 Å². The van der Waals surface area contributed by atoms with Crippen LogP contribution in [0.25, 0.3) is 0 Å². The van der Waals surface area contributed by atoms with Gasteiger partial charge in [-0.2, -0.15) is 13.2 Å². The fraction of sp³-hybridized carbons (Fsp3) is 0.579. The van der Waals surface area contributed by atoms with E-state index in [1.54, 1.807) is 5.32 Å². The van der Waals surface area contributed by atoms with E-state index in [1.165, 1.54) is 6.07 Å². The number of hydrogen-bond acceptors (Lipinski definition) is 4. The van der Waals surface area contributed by atoms with Gasteiger partial charge in [0.15, 0.2) is 0 Å². The summed E-state index contributed by atoms with van der Waals surface area (Å²) < 4.78 is 64.9. The first-order valence-corrected chi connectivity index (χ1v) is 10.1. The van der Waals surface area contributed by atoms with Crippen LogP contribution in [0.15, 0.2) is 22.7 Å². The zero-order valence-corrected chi connectivity index (χ0v) is 17.7. The SMILES string of the molecule is CCCCOC[C@H]1C[C@@H](C(=O)O)[C@](NC(=O)C(F)(F)F)(c2cc(Br)ccc2F)CO1. The number of aliphatic carboxylic acids is 1. The maximum absolute atomic E-state index is 14.6. The number of alkyl halides is 3. The van der Waals surface area contributed by atoms with Gasteiger partial charge < -0.3 is 19.9 Å². The molecule has 0 spiro atoms. The fourth-order valence-corrected chi connectivity index (χ4v) is 3.70. The minimum Gasteiger partial charge on any atom is -0.481 e. The predicted molar refractivity (Wildman–Crippen MR) is 101 cm³/mol. The van der Waals surface area contributed by atoms with Crippen molar-refractivity contribution >= 4 is 27.8 Å². The summed E-state index contributed by atoms with van der Waals surface area (Å²) in [5, 5.41) is 11.5. The number of unbranched alkanes of at least 4 members (excludes halogenated alkanes) is 1. The molecule has 0 bridgehead atoms. The van der Waals surface area contributed by atoms with E-state index in [1.807, 2.05) is 6.92 Å². The van der Waals surface area contributed by atoms with Crippen LogP contribution >= 0.6 is 15.9 Å². The van der Waals surface area contributed by atoms with Crippen LogP contribution < -0.4 is 5.32 Å². The van der Waals surface area contributed by atoms with E-state index >= 15 is 0 Å². The molecule has 2 N–H and O–H groups in total. The highest BCUT2D eigenvalue weighted by atomic mass is 79.9. The molecule has 0 aromatic heterocycles. The Morgan fingerprint density at radius 1 is 1.40 bits per heavy atom. The van der Waals surface area contributed by atoms with Crippen LogP contribution in [0.1, 0.15) is 31.7 Å². The molecule has 30 heavy (non-hydrogen) atoms. The molecule has 168 valence electrons. The van der Waals surface area contributed by atoms with Gasteiger partial charge in [0.25, 0.3) is 0 Å². The molecule has 1 aliphatic rings. The molecule has 1 aromatic carbocycles. The first-order valence-electron chi connectivity index (χ1n) is 9.28. The minimum atomic E-state index is -5.29. The van der Waals surface area contributed by atoms with Crippen molar-refractivity contribution < 1.29 is 41.7 Å². The normalized spacial score (nSPS) is 24.5. The second kappa shape index (κ2) is 10.1. The van der Waals surface area contributed by atoms with E-state index < -0.39 is 53.6 Å². The van der Waals surface area contributed by atoms with E-state index in [2.05, 4.69) is 15.9 Å². The lowest BCUT2D eigenvalue weighted by atomic mass is 9.73. The zero-order chi connectivity index (χ0) is 22.5. The summed E-state index contributed by atoms with van der Waals surface area (Å²) in [7, 11) is 0. The number of benzene rings is 1. The lowest BCUT2D eigenvalue weighted by molar-refractivity contribution is -0.184. The number of amides is 1. The Labute approximate surface area is 179 Å². The van der Waals surface area contributed by atoms with Crippen molar-refractivity contribution in [3.05, 3.63) is 34.1 Å². The number of carbonyl (C=O) groups is 2. The Bertz CT molecular complexity index is 776. The van der Waals surface area contributed by atoms with E-state index in [0.717, 1.165) is 25.0 Å². The maximum atomic E-state index is 14.6. The van der Waals surface area contributed by atoms with Gasteiger partial charge in [0.2, 0.25) is 0 Å². The zero-order valence-electron chi connectivity index (χ0n) is 16.1. The quantitative estimate of drug-likeness (QED) is 0.420. The lowest BCUT2D eigenvalue weighted by Gasteiger charge is -2.45. The summed E-state index contributed by atoms with van der Waals surface area (Å²) in [6, 6.07) is 3.42. The van der Waals surface area contributed by atoms with E-state index in [-0.39, 0.29) is 13.0 Å². The average Bonchev–Trinajstić information content (AvgIpc) is 2.67. The monoisotopic (exact) mass is 499 g/mol. The fourth-order valence-electron chi connectivity index (χ4n) is 3.34. The first kappa shape index (κ1) is 24.5. The molecule has 1 heterocycles. The van der Waals surface area contributed by atoms with Crippen molar-refractivity contribution in [3.63, 3.8) is 0 Å². The first-order chi connectivity index (χ1) is 14.0. The molecule has 1 amide bonds. The van der Waals surface area contributed by atoms with Gasteiger partial charge in [-0.05, 0) is 31.0 Å². The van der Waals surface area contributed by atoms with Gasteiger partial charge in [0.05, 0.1) is 25.2 Å². The summed E-state index contributed by atoms with van der Waals surface area (Å²) >= 11 is 3.10. The highest BCUT2D eigenvalue weighted by molar-refractivity contribution is 9.10. The number of halogens is 5. The lowest BCUT2D eigenvalue weighted by Crippen LogP contribution is -2.62. The van der Waals surface area contributed by atoms with Crippen LogP contribution in [0.5, 0.6) is 0 Å². The van der Waals surface area contributed by atoms with Crippen LogP contribution in [0.3, 0.4) is 0 Å². The molecular formula is C19H22BrF4NO5. The van der Waals surface area contributed by atoms with Crippen molar-refractivity contribution in [2.45, 2.75) is 44.0 Å². The number of carboxylic acids is 1. The second-order valence-electron chi connectivity index (χ2n) is 7.04. The van der Waals surface area contributed by atoms with Gasteiger partial charge in [0.1, 0.15) is 11.4 Å². The largest absolute Gasteiger partial charge is 0.481 e. The van der Waals surface area contributed by atoms with Crippen LogP contribution in [0.2, 0.25) is 0 Å². The molecule has 0 radical (unpaired) electrons. The molecule has 11 heteroatoms. The highest BCUT2D eigenvalue weighted by Crippen LogP contribution is 2.41. The number of carbonyl (C=O) groups excluding carboxylic acids is 1. The number of nitrogens with one attached hydrogen (secondary N) is 1. The summed E-state index contributed by atoms with van der Waals surface area (Å²) in [4.78, 5) is 23.8. The standard InChI is InChI=1S/C19H22BrF4NO5/c1-2-3-6-29-9-12-8-14(16(26)27)18(10-30-12,25-17(28)19(22,23)24)13-7-11(20)4-5-15(13)21/h4-5,7,12,14H,2-3,6,8-10H2,1H3,(H,25,28)(H,26,27)/t12-,14+,18-/m1/s1. The van der Waals surface area contributed by atoms with E-state index in [4.69, 9.17) is 9.47 Å². The van der Waals surface area contributed by atoms with E-state index in [9.17, 15) is 32.3 Å². The van der Waals surface area contributed by atoms with Crippen molar-refractivity contribution in [2.75, 3.05) is 19.8 Å². The smallest absolute Gasteiger partial charge is 0.471 e. The summed E-state index contributed by atoms with van der Waals surface area (Å²) in [6.45, 7) is 1.75. The average molecular weight is 500 g/mol. The Hall–Kier alpha value is -1.72. The number of rotatable bonds is 8. The molecule has 1 aliphatic heterocycles. The molecular weight excluding hydrogens is 478 g/mol. The topological polar surface area (TPSA) is 84.9 Å². The molecule has 0 aliphatic carbocycles. The van der Waals surface area contributed by atoms with Crippen LogP contribution in [0.4, 0.5) is 17.6 Å². The number of ether oxygens (including phenoxy) is 2. The summed E-state index contributed by atoms with van der Waals surface area (Å²) in [6.07, 6.45) is -4.62. The third-order valence-corrected chi connectivity index (χ3v) is 5.38. The Morgan fingerprint density at radius 2 is 2.10 bits per heavy atom. The summed E-state index contributed by atoms with van der Waals surface area (Å²) in [5.74, 6) is -6.41. The molecule has 1 fully saturated rings. The highest BCUT2D eigenvalue weighted by Gasteiger charge is 2.55. The number of hydrogen-bond donors (Lipinski definition) is 2. The third-order valence-electron chi connectivity index (χ3n) is 4.89. The number of carboxylic acid groups (broad SMARTS) is 1. The molecule has 3 atom stereocenters. The van der Waals surface area contributed by atoms with Gasteiger partial charge in [0, 0.05) is 16.6 Å². The predicted octanol–water partition coefficient (Wildman–Crippen LogP) is 3.77. The van der Waals surface area contributed by atoms with Crippen molar-refractivity contribution in [2.24, 2.45) is 5.92 Å². The van der Waals surface area contributed by atoms with Crippen LogP contribution in [-0.2, 0) is 24.6 Å².